The lowest BCUT2D eigenvalue weighted by molar-refractivity contribution is 0.214. The van der Waals surface area contributed by atoms with Gasteiger partial charge in [0, 0.05) is 49.5 Å². The maximum Gasteiger partial charge on any atom is 0.123 e. The van der Waals surface area contributed by atoms with Gasteiger partial charge in [-0.3, -0.25) is 9.88 Å². The highest BCUT2D eigenvalue weighted by molar-refractivity contribution is 5.56. The van der Waals surface area contributed by atoms with Crippen molar-refractivity contribution < 1.29 is 9.52 Å². The lowest BCUT2D eigenvalue weighted by Gasteiger charge is -2.37. The van der Waals surface area contributed by atoms with Gasteiger partial charge in [-0.25, -0.2) is 0 Å². The summed E-state index contributed by atoms with van der Waals surface area (Å²) < 4.78 is 5.78. The van der Waals surface area contributed by atoms with E-state index < -0.39 is 6.10 Å². The highest BCUT2D eigenvalue weighted by atomic mass is 16.3. The van der Waals surface area contributed by atoms with E-state index in [9.17, 15) is 5.11 Å². The van der Waals surface area contributed by atoms with Crippen LogP contribution in [-0.4, -0.2) is 47.7 Å². The monoisotopic (exact) mass is 405 g/mol. The lowest BCUT2D eigenvalue weighted by atomic mass is 10.0. The highest BCUT2D eigenvalue weighted by Gasteiger charge is 2.23. The minimum absolute atomic E-state index is 0.436. The van der Waals surface area contributed by atoms with Gasteiger partial charge in [-0.15, -0.1) is 0 Å². The Morgan fingerprint density at radius 1 is 1.00 bits per heavy atom. The van der Waals surface area contributed by atoms with Crippen LogP contribution in [0.25, 0.3) is 0 Å². The summed E-state index contributed by atoms with van der Waals surface area (Å²) in [5, 5.41) is 10.9. The van der Waals surface area contributed by atoms with E-state index in [-0.39, 0.29) is 0 Å². The molecular weight excluding hydrogens is 374 g/mol. The van der Waals surface area contributed by atoms with E-state index in [1.165, 1.54) is 0 Å². The van der Waals surface area contributed by atoms with Gasteiger partial charge < -0.3 is 14.4 Å². The van der Waals surface area contributed by atoms with Crippen molar-refractivity contribution >= 4 is 5.69 Å². The van der Waals surface area contributed by atoms with Crippen LogP contribution in [0.5, 0.6) is 0 Å². The average molecular weight is 406 g/mol. The smallest absolute Gasteiger partial charge is 0.123 e. The number of pyridine rings is 1. The second-order valence-corrected chi connectivity index (χ2v) is 8.18. The largest absolute Gasteiger partial charge is 0.466 e. The zero-order valence-electron chi connectivity index (χ0n) is 17.9. The summed E-state index contributed by atoms with van der Waals surface area (Å²) in [6, 6.07) is 18.0. The molecule has 3 aromatic rings. The molecule has 2 unspecified atom stereocenters. The van der Waals surface area contributed by atoms with Crippen LogP contribution >= 0.6 is 0 Å². The van der Waals surface area contributed by atoms with Crippen LogP contribution in [0.15, 0.2) is 65.2 Å². The summed E-state index contributed by atoms with van der Waals surface area (Å²) in [7, 11) is 0. The molecule has 3 heterocycles. The Bertz CT molecular complexity index is 932. The summed E-state index contributed by atoms with van der Waals surface area (Å²) in [4.78, 5) is 9.25. The summed E-state index contributed by atoms with van der Waals surface area (Å²) in [6.45, 7) is 9.28. The number of hydrogen-bond acceptors (Lipinski definition) is 5. The van der Waals surface area contributed by atoms with Crippen LogP contribution in [0, 0.1) is 6.92 Å². The summed E-state index contributed by atoms with van der Waals surface area (Å²) in [6.07, 6.45) is 2.12. The zero-order chi connectivity index (χ0) is 20.9. The molecule has 0 aliphatic carbocycles. The predicted octanol–water partition coefficient (Wildman–Crippen LogP) is 4.38. The van der Waals surface area contributed by atoms with Crippen molar-refractivity contribution in [2.45, 2.75) is 32.3 Å². The maximum atomic E-state index is 10.9. The number of anilines is 1. The van der Waals surface area contributed by atoms with Gasteiger partial charge in [0.25, 0.3) is 0 Å². The molecule has 1 aliphatic rings. The van der Waals surface area contributed by atoms with E-state index in [1.54, 1.807) is 6.20 Å². The van der Waals surface area contributed by atoms with Crippen LogP contribution < -0.4 is 4.90 Å². The third-order valence-corrected chi connectivity index (χ3v) is 6.04. The zero-order valence-corrected chi connectivity index (χ0v) is 17.9. The lowest BCUT2D eigenvalue weighted by Crippen LogP contribution is -2.47. The van der Waals surface area contributed by atoms with Gasteiger partial charge in [-0.05, 0) is 50.2 Å². The van der Waals surface area contributed by atoms with Crippen LogP contribution in [-0.2, 0) is 0 Å². The van der Waals surface area contributed by atoms with Gasteiger partial charge >= 0.3 is 0 Å². The highest BCUT2D eigenvalue weighted by Crippen LogP contribution is 2.30. The number of rotatable bonds is 7. The third-order valence-electron chi connectivity index (χ3n) is 6.04. The van der Waals surface area contributed by atoms with Crippen molar-refractivity contribution in [2.75, 3.05) is 37.6 Å². The molecular formula is C25H31N3O2. The summed E-state index contributed by atoms with van der Waals surface area (Å²) in [5.41, 5.74) is 2.71. The molecule has 1 aliphatic heterocycles. The number of aliphatic hydroxyl groups is 1. The number of para-hydroxylation sites is 1. The van der Waals surface area contributed by atoms with Gasteiger partial charge in [-0.1, -0.05) is 31.2 Å². The number of aryl methyl sites for hydroxylation is 1. The van der Waals surface area contributed by atoms with E-state index in [1.807, 2.05) is 49.4 Å². The van der Waals surface area contributed by atoms with Gasteiger partial charge in [0.2, 0.25) is 0 Å². The topological polar surface area (TPSA) is 52.7 Å². The van der Waals surface area contributed by atoms with Crippen molar-refractivity contribution in [3.05, 3.63) is 83.6 Å². The molecule has 1 saturated heterocycles. The minimum atomic E-state index is -0.710. The predicted molar refractivity (Wildman–Crippen MR) is 120 cm³/mol. The van der Waals surface area contributed by atoms with Crippen molar-refractivity contribution in [1.29, 1.82) is 0 Å². The summed E-state index contributed by atoms with van der Waals surface area (Å²) >= 11 is 0. The van der Waals surface area contributed by atoms with E-state index >= 15 is 0 Å². The number of aliphatic hydroxyl groups excluding tert-OH is 1. The molecule has 1 N–H and O–H groups in total. The number of hydrogen-bond donors (Lipinski definition) is 1. The van der Waals surface area contributed by atoms with Crippen LogP contribution in [0.1, 0.15) is 48.1 Å². The summed E-state index contributed by atoms with van der Waals surface area (Å²) in [5.74, 6) is 2.51. The first-order chi connectivity index (χ1) is 14.6. The van der Waals surface area contributed by atoms with Crippen LogP contribution in [0.3, 0.4) is 0 Å². The molecule has 0 radical (unpaired) electrons. The molecule has 2 aromatic heterocycles. The molecule has 30 heavy (non-hydrogen) atoms. The number of nitrogens with zero attached hydrogens (tertiary/aromatic N) is 3. The second-order valence-electron chi connectivity index (χ2n) is 8.18. The van der Waals surface area contributed by atoms with Crippen LogP contribution in [0.4, 0.5) is 5.69 Å². The maximum absolute atomic E-state index is 10.9. The molecule has 0 bridgehead atoms. The Labute approximate surface area is 179 Å². The fourth-order valence-corrected chi connectivity index (χ4v) is 4.15. The Morgan fingerprint density at radius 2 is 1.77 bits per heavy atom. The Hall–Kier alpha value is -2.63. The number of benzene rings is 1. The molecule has 1 aromatic carbocycles. The molecule has 5 nitrogen and oxygen atoms in total. The molecule has 0 saturated carbocycles. The van der Waals surface area contributed by atoms with Crippen molar-refractivity contribution in [3.63, 3.8) is 0 Å². The molecule has 4 rings (SSSR count). The first-order valence-corrected chi connectivity index (χ1v) is 10.8. The number of piperazine rings is 1. The SMILES string of the molecule is Cc1ccc(C(C)CCN2CCN(c3ccccc3C(O)c3ccccn3)CC2)o1. The number of aromatic nitrogens is 1. The molecule has 2 atom stereocenters. The number of furan rings is 1. The van der Waals surface area contributed by atoms with E-state index in [4.69, 9.17) is 4.42 Å². The second kappa shape index (κ2) is 9.45. The minimum Gasteiger partial charge on any atom is -0.466 e. The Morgan fingerprint density at radius 3 is 2.47 bits per heavy atom. The molecule has 1 fully saturated rings. The Balaban J connectivity index is 1.35. The Kier molecular flexibility index (Phi) is 6.50. The quantitative estimate of drug-likeness (QED) is 0.632. The third kappa shape index (κ3) is 4.74. The van der Waals surface area contributed by atoms with Crippen molar-refractivity contribution in [1.82, 2.24) is 9.88 Å². The fraction of sp³-hybridized carbons (Fsp3) is 0.400. The molecule has 158 valence electrons. The first kappa shape index (κ1) is 20.6. The van der Waals surface area contributed by atoms with Gasteiger partial charge in [0.05, 0.1) is 5.69 Å². The fourth-order valence-electron chi connectivity index (χ4n) is 4.15. The van der Waals surface area contributed by atoms with Crippen LogP contribution in [0.2, 0.25) is 0 Å². The van der Waals surface area contributed by atoms with Gasteiger partial charge in [0.1, 0.15) is 17.6 Å². The van der Waals surface area contributed by atoms with Crippen molar-refractivity contribution in [3.8, 4) is 0 Å². The first-order valence-electron chi connectivity index (χ1n) is 10.8. The molecule has 0 amide bonds. The average Bonchev–Trinajstić information content (AvgIpc) is 3.24. The van der Waals surface area contributed by atoms with E-state index in [2.05, 4.69) is 33.8 Å². The van der Waals surface area contributed by atoms with Gasteiger partial charge in [-0.2, -0.15) is 0 Å². The van der Waals surface area contributed by atoms with E-state index in [0.717, 1.165) is 61.9 Å². The van der Waals surface area contributed by atoms with Crippen molar-refractivity contribution in [2.24, 2.45) is 0 Å². The standard InChI is InChI=1S/C25H31N3O2/c1-19(24-11-10-20(2)30-24)12-14-27-15-17-28(18-16-27)23-9-4-3-7-21(23)25(29)22-8-5-6-13-26-22/h3-11,13,19,25,29H,12,14-18H2,1-2H3. The molecule has 0 spiro atoms. The van der Waals surface area contributed by atoms with E-state index in [0.29, 0.717) is 11.6 Å². The normalized spacial score (nSPS) is 17.1. The van der Waals surface area contributed by atoms with Gasteiger partial charge in [0.15, 0.2) is 0 Å². The molecule has 5 heteroatoms.